The van der Waals surface area contributed by atoms with Crippen molar-refractivity contribution in [3.05, 3.63) is 12.2 Å². The molecule has 31 heavy (non-hydrogen) atoms. The van der Waals surface area contributed by atoms with Gasteiger partial charge in [-0.3, -0.25) is 14.4 Å². The van der Waals surface area contributed by atoms with E-state index in [1.54, 1.807) is 0 Å². The second-order valence-electron chi connectivity index (χ2n) is 9.23. The van der Waals surface area contributed by atoms with Gasteiger partial charge < -0.3 is 4.74 Å². The van der Waals surface area contributed by atoms with Crippen LogP contribution in [0.5, 0.6) is 0 Å². The minimum absolute atomic E-state index is 0.0549. The van der Waals surface area contributed by atoms with Crippen molar-refractivity contribution in [1.29, 1.82) is 0 Å². The molecule has 0 aromatic carbocycles. The largest absolute Gasteiger partial charge is 0.463 e. The summed E-state index contributed by atoms with van der Waals surface area (Å²) < 4.78 is 6.13. The molecule has 3 atom stereocenters. The molecule has 0 spiro atoms. The van der Waals surface area contributed by atoms with Crippen molar-refractivity contribution in [1.82, 2.24) is 0 Å². The monoisotopic (exact) mass is 546 g/mol. The molecule has 3 unspecified atom stereocenters. The van der Waals surface area contributed by atoms with Gasteiger partial charge in [-0.1, -0.05) is 67.3 Å². The average molecular weight is 547 g/mol. The number of hydrogen-bond donors (Lipinski definition) is 0. The van der Waals surface area contributed by atoms with Crippen molar-refractivity contribution in [2.75, 3.05) is 4.43 Å². The lowest BCUT2D eigenvalue weighted by Crippen LogP contribution is -2.19. The fraction of sp³-hybridized carbons (Fsp3) is 0.808. The Balaban J connectivity index is 2.39. The normalized spacial score (nSPS) is 21.3. The van der Waals surface area contributed by atoms with Gasteiger partial charge in [0.1, 0.15) is 11.6 Å². The molecule has 0 aromatic rings. The summed E-state index contributed by atoms with van der Waals surface area (Å²) in [6.07, 6.45) is 15.6. The molecule has 1 aliphatic carbocycles. The molecule has 0 saturated heterocycles. The quantitative estimate of drug-likeness (QED) is 0.0647. The maximum absolute atomic E-state index is 12.6. The van der Waals surface area contributed by atoms with Crippen molar-refractivity contribution in [3.8, 4) is 0 Å². The number of hydrogen-bond acceptors (Lipinski definition) is 4. The number of alkyl halides is 1. The Kier molecular flexibility index (Phi) is 15.4. The van der Waals surface area contributed by atoms with E-state index in [9.17, 15) is 14.4 Å². The zero-order valence-corrected chi connectivity index (χ0v) is 22.0. The highest BCUT2D eigenvalue weighted by atomic mass is 127. The zero-order chi connectivity index (χ0) is 23.1. The Labute approximate surface area is 203 Å². The third-order valence-electron chi connectivity index (χ3n) is 6.19. The third-order valence-corrected chi connectivity index (χ3v) is 7.32. The van der Waals surface area contributed by atoms with Crippen LogP contribution in [0.3, 0.4) is 0 Å². The molecular weight excluding hydrogens is 503 g/mol. The van der Waals surface area contributed by atoms with E-state index in [-0.39, 0.29) is 18.0 Å². The van der Waals surface area contributed by atoms with E-state index >= 15 is 0 Å². The maximum Gasteiger partial charge on any atom is 0.306 e. The number of ketones is 2. The number of allylic oxidation sites excluding steroid dienone is 2. The molecule has 178 valence electrons. The average Bonchev–Trinajstić information content (AvgIpc) is 3.02. The van der Waals surface area contributed by atoms with Crippen molar-refractivity contribution in [3.63, 3.8) is 0 Å². The molecule has 0 bridgehead atoms. The zero-order valence-electron chi connectivity index (χ0n) is 19.9. The van der Waals surface area contributed by atoms with Gasteiger partial charge in [0.2, 0.25) is 0 Å². The van der Waals surface area contributed by atoms with Crippen LogP contribution in [-0.2, 0) is 19.1 Å². The number of carbonyl (C=O) groups is 3. The van der Waals surface area contributed by atoms with Crippen molar-refractivity contribution >= 4 is 40.1 Å². The van der Waals surface area contributed by atoms with Crippen LogP contribution < -0.4 is 0 Å². The van der Waals surface area contributed by atoms with Gasteiger partial charge >= 0.3 is 5.97 Å². The number of carbonyl (C=O) groups excluding carboxylic acids is 3. The minimum Gasteiger partial charge on any atom is -0.463 e. The standard InChI is InChI=1S/C26H43IO4/c1-4-5-6-7-10-13-22(28)16-17-23-21(19-27)18-25(29)24(23)14-11-8-9-12-15-26(30)31-20(2)3/h8,11,20-21,23-24H,4-7,9-10,12-19H2,1-3H3/b11-8+. The van der Waals surface area contributed by atoms with Gasteiger partial charge in [-0.15, -0.1) is 0 Å². The molecular formula is C26H43IO4. The molecule has 5 heteroatoms. The minimum atomic E-state index is -0.144. The van der Waals surface area contributed by atoms with Crippen LogP contribution in [0.2, 0.25) is 0 Å². The molecule has 1 fully saturated rings. The topological polar surface area (TPSA) is 60.4 Å². The molecule has 0 N–H and O–H groups in total. The van der Waals surface area contributed by atoms with Gasteiger partial charge in [-0.2, -0.15) is 0 Å². The first-order valence-corrected chi connectivity index (χ1v) is 13.9. The summed E-state index contributed by atoms with van der Waals surface area (Å²) in [5.74, 6) is 1.39. The molecule has 0 amide bonds. The fourth-order valence-electron chi connectivity index (χ4n) is 4.47. The maximum atomic E-state index is 12.6. The number of halogens is 1. The van der Waals surface area contributed by atoms with Crippen LogP contribution in [0.25, 0.3) is 0 Å². The second kappa shape index (κ2) is 16.8. The van der Waals surface area contributed by atoms with Gasteiger partial charge in [0.05, 0.1) is 6.10 Å². The van der Waals surface area contributed by atoms with Crippen molar-refractivity contribution < 1.29 is 19.1 Å². The highest BCUT2D eigenvalue weighted by molar-refractivity contribution is 14.1. The summed E-state index contributed by atoms with van der Waals surface area (Å²) in [4.78, 5) is 36.5. The summed E-state index contributed by atoms with van der Waals surface area (Å²) >= 11 is 2.39. The fourth-order valence-corrected chi connectivity index (χ4v) is 5.43. The van der Waals surface area contributed by atoms with E-state index in [0.29, 0.717) is 49.1 Å². The van der Waals surface area contributed by atoms with Gasteiger partial charge in [0, 0.05) is 36.0 Å². The van der Waals surface area contributed by atoms with Gasteiger partial charge in [0.25, 0.3) is 0 Å². The summed E-state index contributed by atoms with van der Waals surface area (Å²) in [5.41, 5.74) is 0. The van der Waals surface area contributed by atoms with Crippen LogP contribution >= 0.6 is 22.6 Å². The number of esters is 1. The lowest BCUT2D eigenvalue weighted by molar-refractivity contribution is -0.147. The first-order valence-electron chi connectivity index (χ1n) is 12.3. The van der Waals surface area contributed by atoms with Gasteiger partial charge in [0.15, 0.2) is 0 Å². The van der Waals surface area contributed by atoms with Crippen molar-refractivity contribution in [2.24, 2.45) is 17.8 Å². The van der Waals surface area contributed by atoms with Crippen molar-refractivity contribution in [2.45, 2.75) is 110 Å². The number of ether oxygens (including phenoxy) is 1. The summed E-state index contributed by atoms with van der Waals surface area (Å²) in [5, 5.41) is 0. The van der Waals surface area contributed by atoms with E-state index in [2.05, 4.69) is 41.7 Å². The number of unbranched alkanes of at least 4 members (excludes halogenated alkanes) is 5. The van der Waals surface area contributed by atoms with Gasteiger partial charge in [-0.25, -0.2) is 0 Å². The Morgan fingerprint density at radius 1 is 1.06 bits per heavy atom. The highest BCUT2D eigenvalue weighted by Crippen LogP contribution is 2.40. The molecule has 4 nitrogen and oxygen atoms in total. The molecule has 1 saturated carbocycles. The first-order chi connectivity index (χ1) is 14.9. The second-order valence-corrected chi connectivity index (χ2v) is 10.1. The number of Topliss-reactive ketones (excluding diaryl/α,β-unsaturated/α-hetero) is 2. The summed E-state index contributed by atoms with van der Waals surface area (Å²) in [7, 11) is 0. The Morgan fingerprint density at radius 3 is 2.48 bits per heavy atom. The summed E-state index contributed by atoms with van der Waals surface area (Å²) in [6.45, 7) is 5.92. The van der Waals surface area contributed by atoms with Crippen LogP contribution in [0.4, 0.5) is 0 Å². The van der Waals surface area contributed by atoms with Gasteiger partial charge in [-0.05, 0) is 57.8 Å². The predicted molar refractivity (Wildman–Crippen MR) is 135 cm³/mol. The smallest absolute Gasteiger partial charge is 0.306 e. The molecule has 0 aromatic heterocycles. The van der Waals surface area contributed by atoms with E-state index in [1.807, 2.05) is 13.8 Å². The van der Waals surface area contributed by atoms with E-state index < -0.39 is 0 Å². The van der Waals surface area contributed by atoms with E-state index in [4.69, 9.17) is 4.74 Å². The van der Waals surface area contributed by atoms with Crippen LogP contribution in [0, 0.1) is 17.8 Å². The highest BCUT2D eigenvalue weighted by Gasteiger charge is 2.40. The SMILES string of the molecule is CCCCCCCC(=O)CCC1C(CI)CC(=O)C1C/C=C/CCCC(=O)OC(C)C. The first kappa shape index (κ1) is 28.3. The Hall–Kier alpha value is -0.720. The molecule has 1 aliphatic rings. The third kappa shape index (κ3) is 12.2. The molecule has 0 radical (unpaired) electrons. The molecule has 0 heterocycles. The predicted octanol–water partition coefficient (Wildman–Crippen LogP) is 7.02. The van der Waals surface area contributed by atoms with E-state index in [1.165, 1.54) is 19.3 Å². The van der Waals surface area contributed by atoms with E-state index in [0.717, 1.165) is 43.0 Å². The Bertz CT molecular complexity index is 570. The molecule has 0 aliphatic heterocycles. The van der Waals surface area contributed by atoms with Crippen LogP contribution in [-0.4, -0.2) is 28.1 Å². The summed E-state index contributed by atoms with van der Waals surface area (Å²) in [6, 6.07) is 0. The van der Waals surface area contributed by atoms with Crippen LogP contribution in [0.1, 0.15) is 104 Å². The van der Waals surface area contributed by atoms with Crippen LogP contribution in [0.15, 0.2) is 12.2 Å². The Morgan fingerprint density at radius 2 is 1.81 bits per heavy atom. The molecule has 1 rings (SSSR count). The number of rotatable bonds is 17. The lowest BCUT2D eigenvalue weighted by Gasteiger charge is -2.21. The lowest BCUT2D eigenvalue weighted by atomic mass is 9.83.